The predicted octanol–water partition coefficient (Wildman–Crippen LogP) is 2.65. The molecule has 0 amide bonds. The van der Waals surface area contributed by atoms with E-state index in [4.69, 9.17) is 5.26 Å². The second kappa shape index (κ2) is 3.19. The molecule has 0 aliphatic rings. The van der Waals surface area contributed by atoms with Gasteiger partial charge in [-0.05, 0) is 24.1 Å². The summed E-state index contributed by atoms with van der Waals surface area (Å²) in [7, 11) is 0. The lowest BCUT2D eigenvalue weighted by Crippen LogP contribution is -1.91. The minimum Gasteiger partial charge on any atom is -0.205 e. The van der Waals surface area contributed by atoms with Crippen molar-refractivity contribution >= 4 is 6.08 Å². The Hall–Kier alpha value is -1.62. The van der Waals surface area contributed by atoms with Gasteiger partial charge in [0, 0.05) is 0 Å². The molecular weight excluding hydrogens is 153 g/mol. The molecule has 0 bridgehead atoms. The Labute approximate surface area is 70.8 Å². The Kier molecular flexibility index (Phi) is 2.25. The zero-order valence-electron chi connectivity index (χ0n) is 6.76. The molecule has 0 N–H and O–H groups in total. The van der Waals surface area contributed by atoms with Crippen molar-refractivity contribution in [1.82, 2.24) is 0 Å². The van der Waals surface area contributed by atoms with Gasteiger partial charge in [-0.15, -0.1) is 0 Å². The first-order valence-electron chi connectivity index (χ1n) is 3.52. The molecule has 1 aromatic rings. The molecule has 1 rings (SSSR count). The number of benzene rings is 1. The van der Waals surface area contributed by atoms with Crippen LogP contribution in [-0.4, -0.2) is 0 Å². The van der Waals surface area contributed by atoms with Gasteiger partial charge >= 0.3 is 0 Å². The van der Waals surface area contributed by atoms with E-state index in [0.29, 0.717) is 5.56 Å². The monoisotopic (exact) mass is 161 g/mol. The van der Waals surface area contributed by atoms with Crippen LogP contribution in [0.25, 0.3) is 6.08 Å². The van der Waals surface area contributed by atoms with Gasteiger partial charge in [0.25, 0.3) is 0 Å². The molecule has 60 valence electrons. The van der Waals surface area contributed by atoms with E-state index in [2.05, 4.69) is 6.58 Å². The first-order chi connectivity index (χ1) is 5.70. The summed E-state index contributed by atoms with van der Waals surface area (Å²) in [5, 5.41) is 8.49. The molecular formula is C10H8FN. The molecule has 1 nitrogen and oxygen atoms in total. The van der Waals surface area contributed by atoms with Crippen LogP contribution in [0.4, 0.5) is 4.39 Å². The maximum absolute atomic E-state index is 13.2. The molecule has 0 heterocycles. The predicted molar refractivity (Wildman–Crippen MR) is 45.9 cm³/mol. The molecule has 0 radical (unpaired) electrons. The van der Waals surface area contributed by atoms with Crippen LogP contribution in [0.5, 0.6) is 0 Å². The second-order valence-corrected chi connectivity index (χ2v) is 2.46. The average Bonchev–Trinajstić information content (AvgIpc) is 2.10. The van der Waals surface area contributed by atoms with Gasteiger partial charge in [0.1, 0.15) is 11.9 Å². The quantitative estimate of drug-likeness (QED) is 0.621. The van der Waals surface area contributed by atoms with Crippen molar-refractivity contribution in [3.05, 3.63) is 41.2 Å². The molecule has 0 atom stereocenters. The third kappa shape index (κ3) is 1.22. The number of nitrogens with zero attached hydrogens (tertiary/aromatic N) is 1. The molecule has 0 saturated carbocycles. The summed E-state index contributed by atoms with van der Waals surface area (Å²) in [6, 6.07) is 4.92. The Morgan fingerprint density at radius 2 is 2.25 bits per heavy atom. The highest BCUT2D eigenvalue weighted by atomic mass is 19.1. The number of halogens is 1. The van der Waals surface area contributed by atoms with Gasteiger partial charge < -0.3 is 0 Å². The van der Waals surface area contributed by atoms with Gasteiger partial charge in [-0.1, -0.05) is 18.7 Å². The van der Waals surface area contributed by atoms with Gasteiger partial charge in [0.2, 0.25) is 0 Å². The van der Waals surface area contributed by atoms with E-state index in [9.17, 15) is 4.39 Å². The summed E-state index contributed by atoms with van der Waals surface area (Å²) in [5.74, 6) is -0.449. The molecule has 1 aromatic carbocycles. The van der Waals surface area contributed by atoms with Crippen molar-refractivity contribution in [2.24, 2.45) is 0 Å². The number of nitriles is 1. The second-order valence-electron chi connectivity index (χ2n) is 2.46. The lowest BCUT2D eigenvalue weighted by molar-refractivity contribution is 0.614. The Balaban J connectivity index is 3.41. The minimum atomic E-state index is -0.449. The highest BCUT2D eigenvalue weighted by Gasteiger charge is 2.06. The van der Waals surface area contributed by atoms with Crippen LogP contribution in [0.3, 0.4) is 0 Å². The van der Waals surface area contributed by atoms with E-state index in [0.717, 1.165) is 5.56 Å². The van der Waals surface area contributed by atoms with Gasteiger partial charge in [0.15, 0.2) is 0 Å². The topological polar surface area (TPSA) is 23.8 Å². The highest BCUT2D eigenvalue weighted by molar-refractivity contribution is 5.54. The van der Waals surface area contributed by atoms with Crippen LogP contribution in [0.15, 0.2) is 18.7 Å². The first-order valence-corrected chi connectivity index (χ1v) is 3.52. The molecule has 0 aliphatic heterocycles. The van der Waals surface area contributed by atoms with E-state index in [1.165, 1.54) is 6.07 Å². The SMILES string of the molecule is C=Cc1ccc(C#N)c(F)c1C. The van der Waals surface area contributed by atoms with Gasteiger partial charge in [-0.3, -0.25) is 0 Å². The molecule has 0 aromatic heterocycles. The zero-order valence-corrected chi connectivity index (χ0v) is 6.76. The summed E-state index contributed by atoms with van der Waals surface area (Å²) in [6.07, 6.45) is 1.57. The molecule has 0 fully saturated rings. The van der Waals surface area contributed by atoms with Gasteiger partial charge in [-0.25, -0.2) is 4.39 Å². The van der Waals surface area contributed by atoms with Crippen molar-refractivity contribution in [2.45, 2.75) is 6.92 Å². The highest BCUT2D eigenvalue weighted by Crippen LogP contribution is 2.16. The lowest BCUT2D eigenvalue weighted by atomic mass is 10.0. The van der Waals surface area contributed by atoms with E-state index in [1.807, 2.05) is 0 Å². The fourth-order valence-corrected chi connectivity index (χ4v) is 1.01. The summed E-state index contributed by atoms with van der Waals surface area (Å²) in [4.78, 5) is 0. The first kappa shape index (κ1) is 8.48. The van der Waals surface area contributed by atoms with Crippen LogP contribution >= 0.6 is 0 Å². The Morgan fingerprint density at radius 1 is 1.58 bits per heavy atom. The van der Waals surface area contributed by atoms with Crippen LogP contribution in [0, 0.1) is 24.1 Å². The molecule has 0 unspecified atom stereocenters. The molecule has 0 aliphatic carbocycles. The normalized spacial score (nSPS) is 9.08. The lowest BCUT2D eigenvalue weighted by Gasteiger charge is -2.01. The van der Waals surface area contributed by atoms with Crippen molar-refractivity contribution < 1.29 is 4.39 Å². The number of hydrogen-bond acceptors (Lipinski definition) is 1. The molecule has 0 spiro atoms. The average molecular weight is 161 g/mol. The maximum Gasteiger partial charge on any atom is 0.144 e. The third-order valence-electron chi connectivity index (χ3n) is 1.77. The van der Waals surface area contributed by atoms with Crippen LogP contribution in [0.1, 0.15) is 16.7 Å². The van der Waals surface area contributed by atoms with E-state index < -0.39 is 5.82 Å². The Bertz CT molecular complexity index is 361. The third-order valence-corrected chi connectivity index (χ3v) is 1.77. The molecule has 2 heteroatoms. The van der Waals surface area contributed by atoms with Crippen LogP contribution in [0.2, 0.25) is 0 Å². The van der Waals surface area contributed by atoms with Crippen molar-refractivity contribution in [3.8, 4) is 6.07 Å². The van der Waals surface area contributed by atoms with Gasteiger partial charge in [-0.2, -0.15) is 5.26 Å². The summed E-state index contributed by atoms with van der Waals surface area (Å²) < 4.78 is 13.2. The smallest absolute Gasteiger partial charge is 0.144 e. The van der Waals surface area contributed by atoms with Gasteiger partial charge in [0.05, 0.1) is 5.56 Å². The zero-order chi connectivity index (χ0) is 9.14. The van der Waals surface area contributed by atoms with Crippen molar-refractivity contribution in [2.75, 3.05) is 0 Å². The van der Waals surface area contributed by atoms with E-state index >= 15 is 0 Å². The largest absolute Gasteiger partial charge is 0.205 e. The summed E-state index contributed by atoms with van der Waals surface area (Å²) in [6.45, 7) is 5.17. The molecule has 0 saturated heterocycles. The van der Waals surface area contributed by atoms with E-state index in [-0.39, 0.29) is 5.56 Å². The fraction of sp³-hybridized carbons (Fsp3) is 0.100. The summed E-state index contributed by atoms with van der Waals surface area (Å²) in [5.41, 5.74) is 1.29. The van der Waals surface area contributed by atoms with E-state index in [1.54, 1.807) is 25.1 Å². The fourth-order valence-electron chi connectivity index (χ4n) is 1.01. The van der Waals surface area contributed by atoms with Crippen LogP contribution in [-0.2, 0) is 0 Å². The minimum absolute atomic E-state index is 0.0816. The summed E-state index contributed by atoms with van der Waals surface area (Å²) >= 11 is 0. The molecule has 12 heavy (non-hydrogen) atoms. The number of hydrogen-bond donors (Lipinski definition) is 0. The van der Waals surface area contributed by atoms with Crippen LogP contribution < -0.4 is 0 Å². The maximum atomic E-state index is 13.2. The number of rotatable bonds is 1. The Morgan fingerprint density at radius 3 is 2.75 bits per heavy atom. The van der Waals surface area contributed by atoms with Crippen molar-refractivity contribution in [3.63, 3.8) is 0 Å². The van der Waals surface area contributed by atoms with Crippen molar-refractivity contribution in [1.29, 1.82) is 5.26 Å². The standard InChI is InChI=1S/C10H8FN/c1-3-8-4-5-9(6-12)10(11)7(8)2/h3-5H,1H2,2H3.